The molecule has 2 atom stereocenters. The fraction of sp³-hybridized carbons (Fsp3) is 0.565. The largest absolute Gasteiger partial charge is 0.492 e. The van der Waals surface area contributed by atoms with Crippen LogP contribution in [0, 0.1) is 11.7 Å². The molecule has 0 amide bonds. The van der Waals surface area contributed by atoms with Crippen LogP contribution < -0.4 is 15.1 Å². The normalized spacial score (nSPS) is 22.5. The molecule has 13 nitrogen and oxygen atoms in total. The molecule has 3 aliphatic rings. The number of nitrogens with zero attached hydrogens (tertiary/aromatic N) is 3. The fourth-order valence-electron chi connectivity index (χ4n) is 6.03. The Morgan fingerprint density at radius 2 is 1.82 bits per heavy atom. The number of aromatic carboxylic acids is 1. The molecule has 1 aromatic carbocycles. The van der Waals surface area contributed by atoms with Crippen LogP contribution in [0.25, 0.3) is 10.9 Å². The second-order valence-corrected chi connectivity index (χ2v) is 14.5. The first-order chi connectivity index (χ1) is 18.2. The van der Waals surface area contributed by atoms with E-state index in [9.17, 15) is 43.4 Å². The quantitative estimate of drug-likeness (QED) is 0.281. The molecule has 2 saturated heterocycles. The van der Waals surface area contributed by atoms with Crippen molar-refractivity contribution < 1.29 is 47.7 Å². The van der Waals surface area contributed by atoms with Gasteiger partial charge in [0, 0.05) is 37.9 Å². The highest BCUT2D eigenvalue weighted by Gasteiger charge is 2.48. The first kappa shape index (κ1) is 28.2. The van der Waals surface area contributed by atoms with Gasteiger partial charge in [0.1, 0.15) is 11.3 Å². The third-order valence-electron chi connectivity index (χ3n) is 7.96. The van der Waals surface area contributed by atoms with Crippen molar-refractivity contribution in [3.63, 3.8) is 0 Å². The smallest absolute Gasteiger partial charge is 0.342 e. The number of likely N-dealkylation sites (tertiary alicyclic amines) is 1. The number of ether oxygens (including phenoxy) is 1. The average Bonchev–Trinajstić information content (AvgIpc) is 3.58. The van der Waals surface area contributed by atoms with Crippen LogP contribution in [0.15, 0.2) is 17.1 Å². The molecular formula is C23H30FN3O10P2. The zero-order chi connectivity index (χ0) is 28.4. The van der Waals surface area contributed by atoms with E-state index in [1.54, 1.807) is 14.4 Å². The number of benzene rings is 1. The van der Waals surface area contributed by atoms with Crippen molar-refractivity contribution in [2.24, 2.45) is 5.92 Å². The molecule has 39 heavy (non-hydrogen) atoms. The molecule has 2 aliphatic heterocycles. The van der Waals surface area contributed by atoms with Crippen LogP contribution in [0.3, 0.4) is 0 Å². The molecule has 1 saturated carbocycles. The van der Waals surface area contributed by atoms with Gasteiger partial charge in [-0.15, -0.1) is 0 Å². The number of methoxy groups -OCH3 is 1. The number of aromatic nitrogens is 1. The summed E-state index contributed by atoms with van der Waals surface area (Å²) in [5, 5.41) is 7.26. The van der Waals surface area contributed by atoms with Crippen molar-refractivity contribution in [1.82, 2.24) is 9.47 Å². The summed E-state index contributed by atoms with van der Waals surface area (Å²) >= 11 is 0. The van der Waals surface area contributed by atoms with Gasteiger partial charge < -0.3 is 38.9 Å². The van der Waals surface area contributed by atoms with E-state index in [1.807, 2.05) is 0 Å². The highest BCUT2D eigenvalue weighted by atomic mass is 31.2. The molecule has 1 aliphatic carbocycles. The van der Waals surface area contributed by atoms with Crippen LogP contribution >= 0.6 is 15.2 Å². The average molecular weight is 589 g/mol. The predicted molar refractivity (Wildman–Crippen MR) is 138 cm³/mol. The van der Waals surface area contributed by atoms with Gasteiger partial charge in [-0.3, -0.25) is 18.8 Å². The lowest BCUT2D eigenvalue weighted by molar-refractivity contribution is 0.0694. The Morgan fingerprint density at radius 1 is 1.15 bits per heavy atom. The van der Waals surface area contributed by atoms with Crippen molar-refractivity contribution in [2.45, 2.75) is 43.2 Å². The molecule has 5 N–H and O–H groups in total. The molecule has 5 rings (SSSR count). The molecule has 0 spiro atoms. The highest BCUT2D eigenvalue weighted by Crippen LogP contribution is 2.60. The van der Waals surface area contributed by atoms with Gasteiger partial charge in [0.15, 0.2) is 17.0 Å². The first-order valence-electron chi connectivity index (χ1n) is 12.5. The number of carboxylic acids is 1. The van der Waals surface area contributed by atoms with Gasteiger partial charge in [-0.1, -0.05) is 0 Å². The van der Waals surface area contributed by atoms with Gasteiger partial charge >= 0.3 is 21.2 Å². The summed E-state index contributed by atoms with van der Waals surface area (Å²) in [6.45, 7) is 0.388. The number of pyridine rings is 1. The zero-order valence-electron chi connectivity index (χ0n) is 21.0. The van der Waals surface area contributed by atoms with Crippen LogP contribution in [0.5, 0.6) is 5.75 Å². The van der Waals surface area contributed by atoms with Crippen LogP contribution in [0.4, 0.5) is 10.1 Å². The molecular weight excluding hydrogens is 559 g/mol. The second kappa shape index (κ2) is 9.95. The predicted octanol–water partition coefficient (Wildman–Crippen LogP) is 1.76. The topological polar surface area (TPSA) is 190 Å². The maximum atomic E-state index is 15.7. The number of carboxylic acid groups (broad SMARTS) is 1. The lowest BCUT2D eigenvalue weighted by Crippen LogP contribution is -2.48. The summed E-state index contributed by atoms with van der Waals surface area (Å²) in [5.74, 6) is -2.19. The molecule has 3 fully saturated rings. The first-order valence-corrected chi connectivity index (χ1v) is 15.9. The lowest BCUT2D eigenvalue weighted by Gasteiger charge is -2.38. The van der Waals surface area contributed by atoms with E-state index in [4.69, 9.17) is 4.74 Å². The summed E-state index contributed by atoms with van der Waals surface area (Å²) < 4.78 is 46.9. The summed E-state index contributed by atoms with van der Waals surface area (Å²) in [6, 6.07) is 0.601. The number of hydrogen-bond acceptors (Lipinski definition) is 7. The molecule has 2 aromatic rings. The van der Waals surface area contributed by atoms with Gasteiger partial charge in [-0.25, -0.2) is 9.18 Å². The Morgan fingerprint density at radius 3 is 2.38 bits per heavy atom. The Hall–Kier alpha value is -2.31. The van der Waals surface area contributed by atoms with Crippen LogP contribution in [-0.4, -0.2) is 84.8 Å². The molecule has 0 unspecified atom stereocenters. The van der Waals surface area contributed by atoms with E-state index in [0.29, 0.717) is 25.0 Å². The molecule has 214 valence electrons. The number of halogens is 1. The second-order valence-electron chi connectivity index (χ2n) is 10.5. The highest BCUT2D eigenvalue weighted by molar-refractivity contribution is 7.70. The van der Waals surface area contributed by atoms with E-state index < -0.39 is 49.9 Å². The molecule has 3 heterocycles. The minimum atomic E-state index is -5.12. The fourth-order valence-corrected chi connectivity index (χ4v) is 8.44. The van der Waals surface area contributed by atoms with E-state index in [2.05, 4.69) is 0 Å². The molecule has 1 aromatic heterocycles. The lowest BCUT2D eigenvalue weighted by atomic mass is 9.92. The standard InChI is InChI=1S/C23H30FN3O10P2/c1-37-22-19-14(21(28)15(23(29)30)9-27(19)13-4-5-13)7-16(24)20(22)26-8-12-3-2-6-25(17(12)10-26)11-18(38(31,32)33)39(34,35)36/h7,9,12-13,17-18H,2-6,8,10-11H2,1H3,(H,29,30)(H2,31,32,33)(H2,34,35,36)/t12-,17+/m0/s1. The van der Waals surface area contributed by atoms with Gasteiger partial charge in [0.2, 0.25) is 5.43 Å². The van der Waals surface area contributed by atoms with Crippen LogP contribution in [0.1, 0.15) is 42.1 Å². The summed E-state index contributed by atoms with van der Waals surface area (Å²) in [4.78, 5) is 66.5. The third kappa shape index (κ3) is 5.15. The zero-order valence-corrected chi connectivity index (χ0v) is 22.8. The van der Waals surface area contributed by atoms with Crippen LogP contribution in [-0.2, 0) is 9.13 Å². The van der Waals surface area contributed by atoms with Crippen molar-refractivity contribution in [1.29, 1.82) is 0 Å². The Kier molecular flexibility index (Phi) is 7.20. The third-order valence-corrected chi connectivity index (χ3v) is 11.6. The van der Waals surface area contributed by atoms with Crippen molar-refractivity contribution >= 4 is 37.8 Å². The van der Waals surface area contributed by atoms with Crippen LogP contribution in [0.2, 0.25) is 0 Å². The summed E-state index contributed by atoms with van der Waals surface area (Å²) in [5.41, 5.74) is -0.907. The van der Waals surface area contributed by atoms with Gasteiger partial charge in [0.25, 0.3) is 0 Å². The van der Waals surface area contributed by atoms with Gasteiger partial charge in [0.05, 0.1) is 18.0 Å². The number of piperidine rings is 1. The van der Waals surface area contributed by atoms with E-state index >= 15 is 4.39 Å². The molecule has 0 bridgehead atoms. The van der Waals surface area contributed by atoms with Gasteiger partial charge in [-0.2, -0.15) is 0 Å². The number of rotatable bonds is 8. The van der Waals surface area contributed by atoms with E-state index in [-0.39, 0.29) is 41.4 Å². The Balaban J connectivity index is 1.56. The Bertz CT molecular complexity index is 1460. The number of hydrogen-bond donors (Lipinski definition) is 5. The number of carbonyl (C=O) groups is 1. The maximum absolute atomic E-state index is 15.7. The number of fused-ring (bicyclic) bond motifs is 2. The molecule has 16 heteroatoms. The molecule has 0 radical (unpaired) electrons. The van der Waals surface area contributed by atoms with E-state index in [1.165, 1.54) is 13.3 Å². The van der Waals surface area contributed by atoms with Crippen molar-refractivity contribution in [3.05, 3.63) is 33.9 Å². The van der Waals surface area contributed by atoms with Crippen molar-refractivity contribution in [2.75, 3.05) is 38.2 Å². The summed E-state index contributed by atoms with van der Waals surface area (Å²) in [6.07, 6.45) is 4.14. The monoisotopic (exact) mass is 589 g/mol. The van der Waals surface area contributed by atoms with Crippen molar-refractivity contribution in [3.8, 4) is 5.75 Å². The number of anilines is 1. The summed E-state index contributed by atoms with van der Waals surface area (Å²) in [7, 11) is -8.90. The van der Waals surface area contributed by atoms with Gasteiger partial charge in [-0.05, 0) is 44.2 Å². The minimum Gasteiger partial charge on any atom is -0.492 e. The Labute approximate surface area is 222 Å². The SMILES string of the molecule is COc1c(N2C[C@@H]3CCCN(CC(P(=O)(O)O)P(=O)(O)O)[C@@H]3C2)c(F)cc2c(=O)c(C(=O)O)cn(C3CC3)c12. The maximum Gasteiger partial charge on any atom is 0.342 e. The van der Waals surface area contributed by atoms with E-state index in [0.717, 1.165) is 25.3 Å². The minimum absolute atomic E-state index is 0.0627.